The Hall–Kier alpha value is -0.530. The Labute approximate surface area is 222 Å². The Morgan fingerprint density at radius 1 is 0.371 bits per heavy atom. The fraction of sp³-hybridized carbons (Fsp3) is 0.970. The van der Waals surface area contributed by atoms with Gasteiger partial charge in [0.1, 0.15) is 0 Å². The molecule has 0 fully saturated rings. The first-order chi connectivity index (χ1) is 17.3. The van der Waals surface area contributed by atoms with Crippen LogP contribution in [0, 0.1) is 0 Å². The van der Waals surface area contributed by atoms with E-state index in [0.717, 1.165) is 12.8 Å². The van der Waals surface area contributed by atoms with E-state index in [1.165, 1.54) is 167 Å². The topological polar surface area (TPSA) is 26.3 Å². The van der Waals surface area contributed by atoms with Crippen LogP contribution in [-0.2, 0) is 9.53 Å². The van der Waals surface area contributed by atoms with Crippen molar-refractivity contribution in [2.24, 2.45) is 0 Å². The molecule has 0 amide bonds. The first-order valence-corrected chi connectivity index (χ1v) is 16.5. The molecule has 0 rings (SSSR count). The summed E-state index contributed by atoms with van der Waals surface area (Å²) in [5.41, 5.74) is 0. The molecule has 0 bridgehead atoms. The number of esters is 1. The van der Waals surface area contributed by atoms with Gasteiger partial charge in [0, 0.05) is 6.42 Å². The minimum atomic E-state index is 0.0246. The van der Waals surface area contributed by atoms with Crippen molar-refractivity contribution in [2.75, 3.05) is 6.61 Å². The highest BCUT2D eigenvalue weighted by molar-refractivity contribution is 5.69. The van der Waals surface area contributed by atoms with Crippen molar-refractivity contribution < 1.29 is 9.53 Å². The minimum absolute atomic E-state index is 0.0246. The molecule has 0 saturated carbocycles. The molecule has 210 valence electrons. The highest BCUT2D eigenvalue weighted by Crippen LogP contribution is 2.15. The molecule has 35 heavy (non-hydrogen) atoms. The van der Waals surface area contributed by atoms with Gasteiger partial charge in [-0.1, -0.05) is 181 Å². The quantitative estimate of drug-likeness (QED) is 0.0732. The number of ether oxygens (including phenoxy) is 1. The van der Waals surface area contributed by atoms with Crippen LogP contribution < -0.4 is 0 Å². The zero-order valence-electron chi connectivity index (χ0n) is 24.5. The van der Waals surface area contributed by atoms with Crippen LogP contribution in [0.2, 0.25) is 0 Å². The van der Waals surface area contributed by atoms with Gasteiger partial charge in [0.2, 0.25) is 0 Å². The van der Waals surface area contributed by atoms with Crippen LogP contribution in [-0.4, -0.2) is 12.6 Å². The average Bonchev–Trinajstić information content (AvgIpc) is 2.86. The molecule has 0 atom stereocenters. The normalized spacial score (nSPS) is 11.3. The van der Waals surface area contributed by atoms with E-state index >= 15 is 0 Å². The van der Waals surface area contributed by atoms with Crippen molar-refractivity contribution in [2.45, 2.75) is 200 Å². The van der Waals surface area contributed by atoms with Crippen molar-refractivity contribution >= 4 is 5.97 Å². The minimum Gasteiger partial charge on any atom is -0.466 e. The van der Waals surface area contributed by atoms with Crippen molar-refractivity contribution in [3.63, 3.8) is 0 Å². The molecule has 0 aliphatic carbocycles. The van der Waals surface area contributed by atoms with Gasteiger partial charge < -0.3 is 4.74 Å². The number of carbonyl (C=O) groups is 1. The predicted octanol–water partition coefficient (Wildman–Crippen LogP) is 11.9. The summed E-state index contributed by atoms with van der Waals surface area (Å²) in [5, 5.41) is 0. The first-order valence-electron chi connectivity index (χ1n) is 16.5. The Morgan fingerprint density at radius 2 is 0.629 bits per heavy atom. The van der Waals surface area contributed by atoms with Crippen LogP contribution >= 0.6 is 0 Å². The molecule has 0 aromatic carbocycles. The smallest absolute Gasteiger partial charge is 0.305 e. The van der Waals surface area contributed by atoms with Crippen molar-refractivity contribution in [3.8, 4) is 0 Å². The molecule has 0 spiro atoms. The van der Waals surface area contributed by atoms with Crippen LogP contribution in [0.5, 0.6) is 0 Å². The van der Waals surface area contributed by atoms with Crippen molar-refractivity contribution in [1.82, 2.24) is 0 Å². The lowest BCUT2D eigenvalue weighted by atomic mass is 10.0. The van der Waals surface area contributed by atoms with E-state index in [1.807, 2.05) is 0 Å². The third kappa shape index (κ3) is 31.4. The van der Waals surface area contributed by atoms with Crippen LogP contribution in [0.4, 0.5) is 0 Å². The van der Waals surface area contributed by atoms with E-state index in [4.69, 9.17) is 4.74 Å². The van der Waals surface area contributed by atoms with Gasteiger partial charge in [0.15, 0.2) is 0 Å². The van der Waals surface area contributed by atoms with E-state index in [0.29, 0.717) is 13.0 Å². The van der Waals surface area contributed by atoms with Gasteiger partial charge >= 0.3 is 5.97 Å². The van der Waals surface area contributed by atoms with Gasteiger partial charge in [-0.3, -0.25) is 4.79 Å². The van der Waals surface area contributed by atoms with Gasteiger partial charge in [0.25, 0.3) is 0 Å². The Balaban J connectivity index is 3.12. The summed E-state index contributed by atoms with van der Waals surface area (Å²) in [6.07, 6.45) is 38.7. The fourth-order valence-corrected chi connectivity index (χ4v) is 5.02. The molecule has 0 aliphatic heterocycles. The zero-order valence-corrected chi connectivity index (χ0v) is 24.5. The first kappa shape index (κ1) is 34.5. The van der Waals surface area contributed by atoms with E-state index in [-0.39, 0.29) is 5.97 Å². The predicted molar refractivity (Wildman–Crippen MR) is 156 cm³/mol. The van der Waals surface area contributed by atoms with Crippen molar-refractivity contribution in [1.29, 1.82) is 0 Å². The van der Waals surface area contributed by atoms with E-state index in [9.17, 15) is 4.79 Å². The lowest BCUT2D eigenvalue weighted by molar-refractivity contribution is -0.143. The zero-order chi connectivity index (χ0) is 25.5. The molecule has 0 saturated heterocycles. The summed E-state index contributed by atoms with van der Waals surface area (Å²) in [7, 11) is 0. The molecule has 0 aliphatic rings. The third-order valence-electron chi connectivity index (χ3n) is 7.50. The molecule has 0 aromatic heterocycles. The standard InChI is InChI=1S/C33H66O2/c1-3-5-7-9-11-13-15-16-17-18-19-20-21-22-24-26-28-30-32-35-33(34)31-29-27-25-23-14-12-10-8-6-4-2/h3-32H2,1-2H3. The maximum atomic E-state index is 11.8. The second kappa shape index (κ2) is 31.5. The van der Waals surface area contributed by atoms with E-state index in [2.05, 4.69) is 13.8 Å². The second-order valence-electron chi connectivity index (χ2n) is 11.2. The highest BCUT2D eigenvalue weighted by Gasteiger charge is 2.02. The van der Waals surface area contributed by atoms with Gasteiger partial charge in [-0.2, -0.15) is 0 Å². The molecule has 0 radical (unpaired) electrons. The molecule has 0 unspecified atom stereocenters. The molecule has 2 nitrogen and oxygen atoms in total. The van der Waals surface area contributed by atoms with E-state index in [1.54, 1.807) is 0 Å². The molecule has 0 aromatic rings. The average molecular weight is 495 g/mol. The van der Waals surface area contributed by atoms with Gasteiger partial charge in [-0.15, -0.1) is 0 Å². The van der Waals surface area contributed by atoms with Crippen LogP contribution in [0.15, 0.2) is 0 Å². The fourth-order valence-electron chi connectivity index (χ4n) is 5.02. The molecule has 0 heterocycles. The lowest BCUT2D eigenvalue weighted by Gasteiger charge is -2.06. The second-order valence-corrected chi connectivity index (χ2v) is 11.2. The van der Waals surface area contributed by atoms with Crippen molar-refractivity contribution in [3.05, 3.63) is 0 Å². The Morgan fingerprint density at radius 3 is 0.943 bits per heavy atom. The highest BCUT2D eigenvalue weighted by atomic mass is 16.5. The maximum Gasteiger partial charge on any atom is 0.305 e. The molecular weight excluding hydrogens is 428 g/mol. The summed E-state index contributed by atoms with van der Waals surface area (Å²) in [6, 6.07) is 0. The monoisotopic (exact) mass is 495 g/mol. The Kier molecular flexibility index (Phi) is 31.0. The summed E-state index contributed by atoms with van der Waals surface area (Å²) in [6.45, 7) is 5.20. The molecule has 2 heteroatoms. The van der Waals surface area contributed by atoms with Gasteiger partial charge in [-0.05, 0) is 12.8 Å². The SMILES string of the molecule is CCCCCCCCCCCCCCCCCCCCOC(=O)CCCCCCCCCCCC. The van der Waals surface area contributed by atoms with Crippen LogP contribution in [0.3, 0.4) is 0 Å². The number of carbonyl (C=O) groups excluding carboxylic acids is 1. The summed E-state index contributed by atoms with van der Waals surface area (Å²) >= 11 is 0. The largest absolute Gasteiger partial charge is 0.466 e. The van der Waals surface area contributed by atoms with Crippen LogP contribution in [0.25, 0.3) is 0 Å². The summed E-state index contributed by atoms with van der Waals surface area (Å²) in [5.74, 6) is 0.0246. The lowest BCUT2D eigenvalue weighted by Crippen LogP contribution is -2.05. The molecular formula is C33H66O2. The summed E-state index contributed by atoms with van der Waals surface area (Å²) in [4.78, 5) is 11.8. The van der Waals surface area contributed by atoms with Gasteiger partial charge in [0.05, 0.1) is 6.61 Å². The molecule has 0 N–H and O–H groups in total. The summed E-state index contributed by atoms with van der Waals surface area (Å²) < 4.78 is 5.41. The number of unbranched alkanes of at least 4 members (excludes halogenated alkanes) is 26. The maximum absolute atomic E-state index is 11.8. The van der Waals surface area contributed by atoms with Crippen LogP contribution in [0.1, 0.15) is 200 Å². The number of rotatable bonds is 30. The van der Waals surface area contributed by atoms with E-state index < -0.39 is 0 Å². The number of hydrogen-bond acceptors (Lipinski definition) is 2. The number of hydrogen-bond donors (Lipinski definition) is 0. The Bertz CT molecular complexity index is 393. The van der Waals surface area contributed by atoms with Gasteiger partial charge in [-0.25, -0.2) is 0 Å². The third-order valence-corrected chi connectivity index (χ3v) is 7.50.